The molecule has 0 aromatic carbocycles. The number of carbonyl (C=O) groups is 1. The highest BCUT2D eigenvalue weighted by atomic mass is 16.1. The second kappa shape index (κ2) is 6.88. The zero-order chi connectivity index (χ0) is 11.0. The quantitative estimate of drug-likeness (QED) is 0.760. The van der Waals surface area contributed by atoms with Gasteiger partial charge in [0, 0.05) is 14.0 Å². The van der Waals surface area contributed by atoms with Gasteiger partial charge in [0.2, 0.25) is 5.91 Å². The maximum absolute atomic E-state index is 10.6. The minimum absolute atomic E-state index is 0.111. The molecule has 0 saturated heterocycles. The molecule has 1 amide bonds. The molecule has 0 radical (unpaired) electrons. The van der Waals surface area contributed by atoms with E-state index in [-0.39, 0.29) is 5.91 Å². The van der Waals surface area contributed by atoms with E-state index >= 15 is 0 Å². The average molecular weight is 195 g/mol. The molecular weight excluding hydrogens is 178 g/mol. The van der Waals surface area contributed by atoms with Crippen LogP contribution in [0.4, 0.5) is 11.5 Å². The highest BCUT2D eigenvalue weighted by Gasteiger charge is 1.95. The smallest absolute Gasteiger partial charge is 0.222 e. The van der Waals surface area contributed by atoms with E-state index in [0.29, 0.717) is 5.82 Å². The van der Waals surface area contributed by atoms with Crippen molar-refractivity contribution in [1.29, 1.82) is 0 Å². The Labute approximate surface area is 84.7 Å². The van der Waals surface area contributed by atoms with Crippen LogP contribution in [-0.2, 0) is 4.79 Å². The molecule has 4 nitrogen and oxygen atoms in total. The van der Waals surface area contributed by atoms with Crippen LogP contribution < -0.4 is 10.6 Å². The van der Waals surface area contributed by atoms with Crippen molar-refractivity contribution in [2.45, 2.75) is 20.8 Å². The molecule has 0 aliphatic carbocycles. The number of hydrogen-bond acceptors (Lipinski definition) is 3. The lowest BCUT2D eigenvalue weighted by molar-refractivity contribution is -0.114. The van der Waals surface area contributed by atoms with Crippen molar-refractivity contribution in [1.82, 2.24) is 4.98 Å². The molecule has 0 bridgehead atoms. The molecule has 1 heterocycles. The van der Waals surface area contributed by atoms with E-state index in [1.54, 1.807) is 12.3 Å². The van der Waals surface area contributed by atoms with Crippen LogP contribution in [0.1, 0.15) is 20.8 Å². The second-order valence-corrected chi connectivity index (χ2v) is 2.36. The first-order chi connectivity index (χ1) is 6.72. The Morgan fingerprint density at radius 1 is 1.36 bits per heavy atom. The highest BCUT2D eigenvalue weighted by Crippen LogP contribution is 2.07. The number of pyridine rings is 1. The summed E-state index contributed by atoms with van der Waals surface area (Å²) in [5.41, 5.74) is 0.920. The van der Waals surface area contributed by atoms with Crippen LogP contribution in [0.3, 0.4) is 0 Å². The Balaban J connectivity index is 0.000000791. The van der Waals surface area contributed by atoms with Gasteiger partial charge in [-0.1, -0.05) is 13.8 Å². The number of carbonyl (C=O) groups excluding carboxylic acids is 1. The predicted octanol–water partition coefficient (Wildman–Crippen LogP) is 2.11. The van der Waals surface area contributed by atoms with Crippen molar-refractivity contribution < 1.29 is 4.79 Å². The molecule has 0 atom stereocenters. The van der Waals surface area contributed by atoms with Gasteiger partial charge in [-0.2, -0.15) is 0 Å². The number of anilines is 2. The molecule has 0 saturated carbocycles. The van der Waals surface area contributed by atoms with Crippen molar-refractivity contribution in [2.24, 2.45) is 0 Å². The maximum Gasteiger partial charge on any atom is 0.222 e. The van der Waals surface area contributed by atoms with E-state index in [2.05, 4.69) is 15.6 Å². The predicted molar refractivity (Wildman–Crippen MR) is 59.4 cm³/mol. The minimum Gasteiger partial charge on any atom is -0.387 e. The molecule has 78 valence electrons. The fourth-order valence-electron chi connectivity index (χ4n) is 0.796. The normalized spacial score (nSPS) is 8.29. The third kappa shape index (κ3) is 4.45. The first-order valence-corrected chi connectivity index (χ1v) is 4.64. The van der Waals surface area contributed by atoms with Crippen molar-refractivity contribution in [3.05, 3.63) is 18.3 Å². The summed E-state index contributed by atoms with van der Waals surface area (Å²) in [5.74, 6) is 0.459. The molecule has 1 aromatic rings. The number of nitrogens with zero attached hydrogens (tertiary/aromatic N) is 1. The summed E-state index contributed by atoms with van der Waals surface area (Å²) in [6, 6.07) is 3.59. The van der Waals surface area contributed by atoms with Gasteiger partial charge in [0.1, 0.15) is 5.82 Å². The van der Waals surface area contributed by atoms with Crippen LogP contribution >= 0.6 is 0 Å². The van der Waals surface area contributed by atoms with Crippen LogP contribution in [0.25, 0.3) is 0 Å². The molecule has 1 rings (SSSR count). The van der Waals surface area contributed by atoms with Crippen LogP contribution in [0.2, 0.25) is 0 Å². The van der Waals surface area contributed by atoms with Crippen molar-refractivity contribution in [3.63, 3.8) is 0 Å². The Morgan fingerprint density at radius 2 is 2.00 bits per heavy atom. The Kier molecular flexibility index (Phi) is 6.11. The molecule has 14 heavy (non-hydrogen) atoms. The summed E-state index contributed by atoms with van der Waals surface area (Å²) in [7, 11) is 1.81. The summed E-state index contributed by atoms with van der Waals surface area (Å²) >= 11 is 0. The van der Waals surface area contributed by atoms with Gasteiger partial charge < -0.3 is 10.6 Å². The van der Waals surface area contributed by atoms with Gasteiger partial charge in [0.05, 0.1) is 11.9 Å². The van der Waals surface area contributed by atoms with Crippen LogP contribution in [0, 0.1) is 0 Å². The van der Waals surface area contributed by atoms with Gasteiger partial charge in [-0.25, -0.2) is 4.98 Å². The van der Waals surface area contributed by atoms with Crippen LogP contribution in [0.5, 0.6) is 0 Å². The van der Waals surface area contributed by atoms with Crippen molar-refractivity contribution >= 4 is 17.4 Å². The summed E-state index contributed by atoms with van der Waals surface area (Å²) in [6.45, 7) is 5.45. The summed E-state index contributed by atoms with van der Waals surface area (Å²) in [4.78, 5) is 14.6. The monoisotopic (exact) mass is 195 g/mol. The van der Waals surface area contributed by atoms with Gasteiger partial charge in [0.25, 0.3) is 0 Å². The third-order valence-corrected chi connectivity index (χ3v) is 1.36. The molecule has 0 aliphatic rings. The largest absolute Gasteiger partial charge is 0.387 e. The number of amides is 1. The molecule has 0 spiro atoms. The van der Waals surface area contributed by atoms with E-state index in [1.807, 2.05) is 27.0 Å². The standard InChI is InChI=1S/C8H11N3O.C2H6/c1-6(12)11-8-4-3-7(9-2)5-10-8;1-2/h3-5,9H,1-2H3,(H,10,11,12);1-2H3. The SMILES string of the molecule is CC.CNc1ccc(NC(C)=O)nc1. The van der Waals surface area contributed by atoms with Gasteiger partial charge >= 0.3 is 0 Å². The topological polar surface area (TPSA) is 54.0 Å². The van der Waals surface area contributed by atoms with Crippen LogP contribution in [-0.4, -0.2) is 17.9 Å². The molecule has 2 N–H and O–H groups in total. The number of aromatic nitrogens is 1. The van der Waals surface area contributed by atoms with E-state index in [0.717, 1.165) is 5.69 Å². The molecule has 1 aromatic heterocycles. The number of hydrogen-bond donors (Lipinski definition) is 2. The van der Waals surface area contributed by atoms with Crippen molar-refractivity contribution in [2.75, 3.05) is 17.7 Å². The number of rotatable bonds is 2. The lowest BCUT2D eigenvalue weighted by Crippen LogP contribution is -2.07. The minimum atomic E-state index is -0.111. The van der Waals surface area contributed by atoms with Gasteiger partial charge in [0.15, 0.2) is 0 Å². The summed E-state index contributed by atoms with van der Waals surface area (Å²) < 4.78 is 0. The van der Waals surface area contributed by atoms with Gasteiger partial charge in [-0.05, 0) is 12.1 Å². The lowest BCUT2D eigenvalue weighted by atomic mass is 10.4. The third-order valence-electron chi connectivity index (χ3n) is 1.36. The van der Waals surface area contributed by atoms with E-state index in [1.165, 1.54) is 6.92 Å². The van der Waals surface area contributed by atoms with Crippen molar-refractivity contribution in [3.8, 4) is 0 Å². The second-order valence-electron chi connectivity index (χ2n) is 2.36. The highest BCUT2D eigenvalue weighted by molar-refractivity contribution is 5.87. The fourth-order valence-corrected chi connectivity index (χ4v) is 0.796. The fraction of sp³-hybridized carbons (Fsp3) is 0.400. The van der Waals surface area contributed by atoms with Gasteiger partial charge in [-0.15, -0.1) is 0 Å². The van der Waals surface area contributed by atoms with Crippen LogP contribution in [0.15, 0.2) is 18.3 Å². The van der Waals surface area contributed by atoms with E-state index in [9.17, 15) is 4.79 Å². The summed E-state index contributed by atoms with van der Waals surface area (Å²) in [5, 5.41) is 5.51. The first kappa shape index (κ1) is 12.4. The lowest BCUT2D eigenvalue weighted by Gasteiger charge is -2.01. The Hall–Kier alpha value is -1.58. The zero-order valence-corrected chi connectivity index (χ0v) is 9.09. The Morgan fingerprint density at radius 3 is 2.36 bits per heavy atom. The van der Waals surface area contributed by atoms with E-state index in [4.69, 9.17) is 0 Å². The molecule has 4 heteroatoms. The number of nitrogens with one attached hydrogen (secondary N) is 2. The Bertz CT molecular complexity index is 269. The maximum atomic E-state index is 10.6. The molecule has 0 aliphatic heterocycles. The van der Waals surface area contributed by atoms with E-state index < -0.39 is 0 Å². The average Bonchev–Trinajstić information content (AvgIpc) is 2.21. The van der Waals surface area contributed by atoms with Gasteiger partial charge in [-0.3, -0.25) is 4.79 Å². The first-order valence-electron chi connectivity index (χ1n) is 4.64. The summed E-state index contributed by atoms with van der Waals surface area (Å²) in [6.07, 6.45) is 1.66. The molecule has 0 fully saturated rings. The zero-order valence-electron chi connectivity index (χ0n) is 9.09. The molecule has 0 unspecified atom stereocenters. The molecular formula is C10H17N3O.